The summed E-state index contributed by atoms with van der Waals surface area (Å²) < 4.78 is 13.1. The van der Waals surface area contributed by atoms with Crippen molar-refractivity contribution in [3.63, 3.8) is 0 Å². The number of nitrogens with one attached hydrogen (secondary N) is 2. The molecule has 3 rings (SSSR count). The number of hydrogen-bond acceptors (Lipinski definition) is 2. The van der Waals surface area contributed by atoms with Crippen LogP contribution in [0, 0.1) is 17.1 Å². The summed E-state index contributed by atoms with van der Waals surface area (Å²) in [7, 11) is 0. The summed E-state index contributed by atoms with van der Waals surface area (Å²) in [6.45, 7) is 0.579. The lowest BCUT2D eigenvalue weighted by Gasteiger charge is -2.08. The van der Waals surface area contributed by atoms with Crippen molar-refractivity contribution in [2.75, 3.05) is 5.32 Å². The van der Waals surface area contributed by atoms with Crippen LogP contribution in [0.25, 0.3) is 10.9 Å². The number of aromatic nitrogens is 1. The zero-order valence-corrected chi connectivity index (χ0v) is 10.7. The monoisotopic (exact) mass is 265 g/mol. The van der Waals surface area contributed by atoms with Gasteiger partial charge in [0.1, 0.15) is 11.9 Å². The summed E-state index contributed by atoms with van der Waals surface area (Å²) in [4.78, 5) is 3.16. The van der Waals surface area contributed by atoms with Crippen LogP contribution in [-0.4, -0.2) is 4.98 Å². The smallest absolute Gasteiger partial charge is 0.124 e. The number of fused-ring (bicyclic) bond motifs is 1. The van der Waals surface area contributed by atoms with Gasteiger partial charge in [0.25, 0.3) is 0 Å². The van der Waals surface area contributed by atoms with Crippen LogP contribution in [0.15, 0.2) is 48.7 Å². The van der Waals surface area contributed by atoms with E-state index in [4.69, 9.17) is 5.26 Å². The number of anilines is 1. The molecule has 1 aromatic heterocycles. The molecule has 0 fully saturated rings. The first-order valence-electron chi connectivity index (χ1n) is 6.26. The molecule has 2 aromatic carbocycles. The molecule has 3 nitrogen and oxygen atoms in total. The molecule has 0 amide bonds. The Balaban J connectivity index is 1.80. The van der Waals surface area contributed by atoms with Crippen molar-refractivity contribution in [3.8, 4) is 6.07 Å². The van der Waals surface area contributed by atoms with Crippen LogP contribution in [0.2, 0.25) is 0 Å². The molecule has 0 aliphatic carbocycles. The maximum atomic E-state index is 13.1. The third kappa shape index (κ3) is 2.34. The average molecular weight is 265 g/mol. The fourth-order valence-electron chi connectivity index (χ4n) is 2.17. The second-order valence-corrected chi connectivity index (χ2v) is 4.55. The number of H-pyrrole nitrogens is 1. The third-order valence-electron chi connectivity index (χ3n) is 3.20. The Morgan fingerprint density at radius 2 is 2.05 bits per heavy atom. The topological polar surface area (TPSA) is 51.6 Å². The standard InChI is InChI=1S/C16H12FN3/c17-14-3-4-15(13(8-14)9-18)20-10-11-1-2-12-5-6-19-16(12)7-11/h1-8,19-20H,10H2. The van der Waals surface area contributed by atoms with E-state index in [2.05, 4.69) is 16.4 Å². The van der Waals surface area contributed by atoms with Crippen LogP contribution in [-0.2, 0) is 6.54 Å². The highest BCUT2D eigenvalue weighted by molar-refractivity contribution is 5.79. The Morgan fingerprint density at radius 1 is 1.15 bits per heavy atom. The minimum Gasteiger partial charge on any atom is -0.380 e. The van der Waals surface area contributed by atoms with Gasteiger partial charge in [0.05, 0.1) is 11.3 Å². The van der Waals surface area contributed by atoms with Gasteiger partial charge in [-0.1, -0.05) is 12.1 Å². The number of aromatic amines is 1. The number of nitriles is 1. The van der Waals surface area contributed by atoms with E-state index in [9.17, 15) is 4.39 Å². The first-order valence-corrected chi connectivity index (χ1v) is 6.26. The van der Waals surface area contributed by atoms with Crippen molar-refractivity contribution in [1.82, 2.24) is 4.98 Å². The number of hydrogen-bond donors (Lipinski definition) is 2. The lowest BCUT2D eigenvalue weighted by molar-refractivity contribution is 0.627. The summed E-state index contributed by atoms with van der Waals surface area (Å²) in [6.07, 6.45) is 1.90. The fraction of sp³-hybridized carbons (Fsp3) is 0.0625. The van der Waals surface area contributed by atoms with Gasteiger partial charge < -0.3 is 10.3 Å². The summed E-state index contributed by atoms with van der Waals surface area (Å²) in [5.74, 6) is -0.403. The van der Waals surface area contributed by atoms with E-state index in [1.165, 1.54) is 12.1 Å². The minimum atomic E-state index is -0.403. The summed E-state index contributed by atoms with van der Waals surface area (Å²) in [6, 6.07) is 14.3. The molecule has 20 heavy (non-hydrogen) atoms. The van der Waals surface area contributed by atoms with Crippen LogP contribution in [0.3, 0.4) is 0 Å². The van der Waals surface area contributed by atoms with E-state index in [-0.39, 0.29) is 0 Å². The second-order valence-electron chi connectivity index (χ2n) is 4.55. The highest BCUT2D eigenvalue weighted by Crippen LogP contribution is 2.19. The maximum absolute atomic E-state index is 13.1. The van der Waals surface area contributed by atoms with Gasteiger partial charge in [0.2, 0.25) is 0 Å². The molecule has 98 valence electrons. The normalized spacial score (nSPS) is 10.4. The molecule has 0 aliphatic rings. The molecular weight excluding hydrogens is 253 g/mol. The van der Waals surface area contributed by atoms with E-state index in [0.29, 0.717) is 17.8 Å². The Labute approximate surface area is 115 Å². The van der Waals surface area contributed by atoms with E-state index < -0.39 is 5.82 Å². The molecule has 3 aromatic rings. The molecule has 0 radical (unpaired) electrons. The Morgan fingerprint density at radius 3 is 2.90 bits per heavy atom. The third-order valence-corrected chi connectivity index (χ3v) is 3.20. The van der Waals surface area contributed by atoms with Crippen LogP contribution >= 0.6 is 0 Å². The zero-order chi connectivity index (χ0) is 13.9. The van der Waals surface area contributed by atoms with Crippen molar-refractivity contribution >= 4 is 16.6 Å². The highest BCUT2D eigenvalue weighted by atomic mass is 19.1. The molecule has 0 atom stereocenters. The van der Waals surface area contributed by atoms with E-state index >= 15 is 0 Å². The molecular formula is C16H12FN3. The first-order chi connectivity index (χ1) is 9.76. The van der Waals surface area contributed by atoms with Crippen molar-refractivity contribution < 1.29 is 4.39 Å². The number of nitrogens with zero attached hydrogens (tertiary/aromatic N) is 1. The van der Waals surface area contributed by atoms with Gasteiger partial charge in [0, 0.05) is 18.3 Å². The van der Waals surface area contributed by atoms with Gasteiger partial charge >= 0.3 is 0 Å². The van der Waals surface area contributed by atoms with E-state index in [1.54, 1.807) is 6.07 Å². The molecule has 0 saturated heterocycles. The Bertz CT molecular complexity index is 799. The molecule has 1 heterocycles. The highest BCUT2D eigenvalue weighted by Gasteiger charge is 2.04. The lowest BCUT2D eigenvalue weighted by atomic mass is 10.1. The van der Waals surface area contributed by atoms with Gasteiger partial charge in [0.15, 0.2) is 0 Å². The van der Waals surface area contributed by atoms with Gasteiger partial charge in [-0.3, -0.25) is 0 Å². The molecule has 0 saturated carbocycles. The second kappa shape index (κ2) is 5.06. The lowest BCUT2D eigenvalue weighted by Crippen LogP contribution is -2.01. The fourth-order valence-corrected chi connectivity index (χ4v) is 2.17. The molecule has 0 spiro atoms. The molecule has 0 unspecified atom stereocenters. The molecule has 0 aliphatic heterocycles. The van der Waals surface area contributed by atoms with Crippen LogP contribution in [0.1, 0.15) is 11.1 Å². The minimum absolute atomic E-state index is 0.311. The van der Waals surface area contributed by atoms with Crippen molar-refractivity contribution in [2.45, 2.75) is 6.54 Å². The number of rotatable bonds is 3. The van der Waals surface area contributed by atoms with Gasteiger partial charge in [-0.2, -0.15) is 5.26 Å². The van der Waals surface area contributed by atoms with Crippen molar-refractivity contribution in [3.05, 3.63) is 65.6 Å². The Kier molecular flexibility index (Phi) is 3.10. The first kappa shape index (κ1) is 12.2. The van der Waals surface area contributed by atoms with Gasteiger partial charge in [-0.25, -0.2) is 4.39 Å². The van der Waals surface area contributed by atoms with Crippen LogP contribution in [0.4, 0.5) is 10.1 Å². The van der Waals surface area contributed by atoms with Crippen molar-refractivity contribution in [1.29, 1.82) is 5.26 Å². The quantitative estimate of drug-likeness (QED) is 0.757. The molecule has 0 bridgehead atoms. The zero-order valence-electron chi connectivity index (χ0n) is 10.7. The van der Waals surface area contributed by atoms with Gasteiger partial charge in [-0.15, -0.1) is 0 Å². The average Bonchev–Trinajstić information content (AvgIpc) is 2.93. The predicted molar refractivity (Wildman–Crippen MR) is 76.7 cm³/mol. The summed E-state index contributed by atoms with van der Waals surface area (Å²) >= 11 is 0. The van der Waals surface area contributed by atoms with E-state index in [0.717, 1.165) is 16.5 Å². The maximum Gasteiger partial charge on any atom is 0.124 e. The van der Waals surface area contributed by atoms with Crippen LogP contribution < -0.4 is 5.32 Å². The van der Waals surface area contributed by atoms with Crippen molar-refractivity contribution in [2.24, 2.45) is 0 Å². The number of benzene rings is 2. The molecule has 4 heteroatoms. The van der Waals surface area contributed by atoms with Gasteiger partial charge in [-0.05, 0) is 41.3 Å². The largest absolute Gasteiger partial charge is 0.380 e. The van der Waals surface area contributed by atoms with E-state index in [1.807, 2.05) is 30.5 Å². The summed E-state index contributed by atoms with van der Waals surface area (Å²) in [5.41, 5.74) is 3.11. The molecule has 2 N–H and O–H groups in total. The Hall–Kier alpha value is -2.80. The SMILES string of the molecule is N#Cc1cc(F)ccc1NCc1ccc2cc[nH]c2c1. The van der Waals surface area contributed by atoms with Crippen LogP contribution in [0.5, 0.6) is 0 Å². The predicted octanol–water partition coefficient (Wildman–Crippen LogP) is 3.79. The summed E-state index contributed by atoms with van der Waals surface area (Å²) in [5, 5.41) is 13.3. The number of halogens is 1.